The van der Waals surface area contributed by atoms with Crippen LogP contribution in [0.25, 0.3) is 16.9 Å². The Bertz CT molecular complexity index is 1700. The minimum atomic E-state index is -4.25. The van der Waals surface area contributed by atoms with Crippen LogP contribution in [0.1, 0.15) is 38.7 Å². The molecule has 0 unspecified atom stereocenters. The van der Waals surface area contributed by atoms with Crippen molar-refractivity contribution in [2.45, 2.75) is 52.0 Å². The average molecular weight is 557 g/mol. The lowest BCUT2D eigenvalue weighted by Crippen LogP contribution is -2.34. The first-order chi connectivity index (χ1) is 18.6. The molecule has 2 N–H and O–H groups in total. The van der Waals surface area contributed by atoms with Crippen molar-refractivity contribution in [3.8, 4) is 17.1 Å². The fourth-order valence-corrected chi connectivity index (χ4v) is 5.08. The molecule has 0 saturated carbocycles. The van der Waals surface area contributed by atoms with Gasteiger partial charge in [0.05, 0.1) is 22.8 Å². The van der Waals surface area contributed by atoms with Gasteiger partial charge >= 0.3 is 6.03 Å². The van der Waals surface area contributed by atoms with Crippen molar-refractivity contribution in [2.24, 2.45) is 0 Å². The highest BCUT2D eigenvalue weighted by molar-refractivity contribution is 7.90. The summed E-state index contributed by atoms with van der Waals surface area (Å²) in [4.78, 5) is 30.4. The summed E-state index contributed by atoms with van der Waals surface area (Å²) >= 11 is 0. The molecule has 2 aromatic carbocycles. The maximum atomic E-state index is 13.6. The van der Waals surface area contributed by atoms with Gasteiger partial charge in [-0.25, -0.2) is 31.8 Å². The molecule has 206 valence electrons. The number of sulfonamides is 1. The molecule has 2 heterocycles. The van der Waals surface area contributed by atoms with Gasteiger partial charge in [-0.05, 0) is 62.7 Å². The number of aryl methyl sites for hydroxylation is 2. The second-order valence-corrected chi connectivity index (χ2v) is 10.3. The van der Waals surface area contributed by atoms with E-state index in [1.807, 2.05) is 25.5 Å². The minimum absolute atomic E-state index is 0.232. The van der Waals surface area contributed by atoms with Crippen LogP contribution in [0, 0.1) is 12.7 Å². The molecule has 0 aliphatic carbocycles. The number of nitrogens with zero attached hydrogens (tertiary/aromatic N) is 4. The minimum Gasteiger partial charge on any atom is -0.493 e. The number of benzene rings is 2. The number of carbonyl (C=O) groups excluding carboxylic acids is 1. The zero-order valence-electron chi connectivity index (χ0n) is 22.0. The van der Waals surface area contributed by atoms with Gasteiger partial charge in [0.1, 0.15) is 17.4 Å². The number of halogens is 1. The number of fused-ring (bicyclic) bond motifs is 1. The van der Waals surface area contributed by atoms with Gasteiger partial charge in [-0.1, -0.05) is 13.8 Å². The second-order valence-electron chi connectivity index (χ2n) is 8.67. The number of urea groups is 1. The van der Waals surface area contributed by atoms with E-state index in [1.54, 1.807) is 23.6 Å². The molecule has 11 nitrogen and oxygen atoms in total. The van der Waals surface area contributed by atoms with Gasteiger partial charge in [-0.2, -0.15) is 0 Å². The predicted molar refractivity (Wildman–Crippen MR) is 144 cm³/mol. The van der Waals surface area contributed by atoms with Crippen molar-refractivity contribution in [1.29, 1.82) is 0 Å². The van der Waals surface area contributed by atoms with Crippen molar-refractivity contribution < 1.29 is 22.3 Å². The van der Waals surface area contributed by atoms with Crippen LogP contribution < -0.4 is 20.3 Å². The van der Waals surface area contributed by atoms with Gasteiger partial charge in [0, 0.05) is 18.7 Å². The van der Waals surface area contributed by atoms with Crippen LogP contribution in [0.15, 0.2) is 52.2 Å². The maximum absolute atomic E-state index is 13.6. The molecular formula is C26H29FN6O5S. The number of rotatable bonds is 9. The van der Waals surface area contributed by atoms with E-state index in [2.05, 4.69) is 10.3 Å². The van der Waals surface area contributed by atoms with Crippen LogP contribution in [0.3, 0.4) is 0 Å². The molecule has 2 aromatic heterocycles. The SMILES string of the molecule is CCCn1c(-c2cc(NC(=O)NS(=O)(=O)c3ccc(F)cc3)ccc2OCC)nn2c(CC)nc(C)c2c1=O. The molecular weight excluding hydrogens is 527 g/mol. The Balaban J connectivity index is 1.77. The summed E-state index contributed by atoms with van der Waals surface area (Å²) in [6, 6.07) is 7.75. The number of imidazole rings is 1. The standard InChI is InChI=1S/C26H29FN6O5S/c1-5-14-32-24(30-33-22(6-2)28-16(4)23(33)25(32)34)20-15-18(10-13-21(20)38-7-3)29-26(35)31-39(36,37)19-11-8-17(27)9-12-19/h8-13,15H,5-7,14H2,1-4H3,(H2,29,31,35). The van der Waals surface area contributed by atoms with Crippen LogP contribution in [-0.2, 0) is 23.0 Å². The Morgan fingerprint density at radius 2 is 1.82 bits per heavy atom. The highest BCUT2D eigenvalue weighted by Gasteiger charge is 2.22. The molecule has 0 radical (unpaired) electrons. The van der Waals surface area contributed by atoms with E-state index in [9.17, 15) is 22.4 Å². The lowest BCUT2D eigenvalue weighted by molar-refractivity contribution is 0.256. The van der Waals surface area contributed by atoms with Crippen LogP contribution in [-0.4, -0.2) is 40.2 Å². The fraction of sp³-hybridized carbons (Fsp3) is 0.308. The molecule has 0 spiro atoms. The number of carbonyl (C=O) groups is 1. The molecule has 4 aromatic rings. The Kier molecular flexibility index (Phi) is 8.00. The van der Waals surface area contributed by atoms with Crippen molar-refractivity contribution in [2.75, 3.05) is 11.9 Å². The fourth-order valence-electron chi connectivity index (χ4n) is 4.18. The summed E-state index contributed by atoms with van der Waals surface area (Å²) in [5, 5.41) is 7.26. The second kappa shape index (κ2) is 11.2. The zero-order valence-corrected chi connectivity index (χ0v) is 22.8. The summed E-state index contributed by atoms with van der Waals surface area (Å²) in [5.74, 6) is 0.758. The number of ether oxygens (including phenoxy) is 1. The first-order valence-corrected chi connectivity index (χ1v) is 13.9. The van der Waals surface area contributed by atoms with Gasteiger partial charge in [-0.3, -0.25) is 9.36 Å². The van der Waals surface area contributed by atoms with Crippen LogP contribution >= 0.6 is 0 Å². The van der Waals surface area contributed by atoms with E-state index >= 15 is 0 Å². The summed E-state index contributed by atoms with van der Waals surface area (Å²) in [6.45, 7) is 8.15. The Morgan fingerprint density at radius 3 is 2.46 bits per heavy atom. The Labute approximate surface area is 224 Å². The predicted octanol–water partition coefficient (Wildman–Crippen LogP) is 3.89. The molecule has 0 aliphatic heterocycles. The number of anilines is 1. The lowest BCUT2D eigenvalue weighted by Gasteiger charge is -2.17. The van der Waals surface area contributed by atoms with Gasteiger partial charge in [0.15, 0.2) is 11.3 Å². The van der Waals surface area contributed by atoms with Crippen molar-refractivity contribution in [3.05, 3.63) is 70.2 Å². The molecule has 0 aliphatic rings. The molecule has 0 atom stereocenters. The summed E-state index contributed by atoms with van der Waals surface area (Å²) in [7, 11) is -4.25. The maximum Gasteiger partial charge on any atom is 0.333 e. The van der Waals surface area contributed by atoms with E-state index in [4.69, 9.17) is 9.84 Å². The van der Waals surface area contributed by atoms with E-state index in [0.717, 1.165) is 24.3 Å². The van der Waals surface area contributed by atoms with Crippen molar-refractivity contribution in [3.63, 3.8) is 0 Å². The molecule has 0 fully saturated rings. The normalized spacial score (nSPS) is 11.5. The van der Waals surface area contributed by atoms with Crippen LogP contribution in [0.4, 0.5) is 14.9 Å². The summed E-state index contributed by atoms with van der Waals surface area (Å²) < 4.78 is 49.1. The Morgan fingerprint density at radius 1 is 1.10 bits per heavy atom. The number of nitrogens with one attached hydrogen (secondary N) is 2. The highest BCUT2D eigenvalue weighted by atomic mass is 32.2. The van der Waals surface area contributed by atoms with Crippen LogP contribution in [0.2, 0.25) is 0 Å². The lowest BCUT2D eigenvalue weighted by atomic mass is 10.1. The first-order valence-electron chi connectivity index (χ1n) is 12.4. The van der Waals surface area contributed by atoms with Crippen LogP contribution in [0.5, 0.6) is 5.75 Å². The molecule has 0 bridgehead atoms. The van der Waals surface area contributed by atoms with Crippen molar-refractivity contribution >= 4 is 27.3 Å². The highest BCUT2D eigenvalue weighted by Crippen LogP contribution is 2.32. The van der Waals surface area contributed by atoms with E-state index in [0.29, 0.717) is 60.2 Å². The van der Waals surface area contributed by atoms with E-state index in [-0.39, 0.29) is 16.1 Å². The van der Waals surface area contributed by atoms with Gasteiger partial charge < -0.3 is 10.1 Å². The van der Waals surface area contributed by atoms with E-state index < -0.39 is 21.9 Å². The number of amides is 2. The molecule has 39 heavy (non-hydrogen) atoms. The third-order valence-electron chi connectivity index (χ3n) is 5.89. The molecule has 13 heteroatoms. The molecule has 2 amide bonds. The topological polar surface area (TPSA) is 137 Å². The van der Waals surface area contributed by atoms with Gasteiger partial charge in [0.25, 0.3) is 15.6 Å². The smallest absolute Gasteiger partial charge is 0.333 e. The Hall–Kier alpha value is -4.26. The monoisotopic (exact) mass is 556 g/mol. The third kappa shape index (κ3) is 5.62. The summed E-state index contributed by atoms with van der Waals surface area (Å²) in [5.41, 5.74) is 1.38. The summed E-state index contributed by atoms with van der Waals surface area (Å²) in [6.07, 6.45) is 1.21. The van der Waals surface area contributed by atoms with Crippen molar-refractivity contribution in [1.82, 2.24) is 23.9 Å². The number of hydrogen-bond donors (Lipinski definition) is 2. The third-order valence-corrected chi connectivity index (χ3v) is 7.23. The number of aromatic nitrogens is 4. The first kappa shape index (κ1) is 27.8. The molecule has 4 rings (SSSR count). The largest absolute Gasteiger partial charge is 0.493 e. The van der Waals surface area contributed by atoms with Gasteiger partial charge in [-0.15, -0.1) is 5.10 Å². The number of hydrogen-bond acceptors (Lipinski definition) is 7. The quantitative estimate of drug-likeness (QED) is 0.319. The average Bonchev–Trinajstić information content (AvgIpc) is 3.22. The van der Waals surface area contributed by atoms with Gasteiger partial charge in [0.2, 0.25) is 0 Å². The zero-order chi connectivity index (χ0) is 28.3. The van der Waals surface area contributed by atoms with E-state index in [1.165, 1.54) is 10.6 Å². The molecule has 0 saturated heterocycles.